The van der Waals surface area contributed by atoms with Crippen LogP contribution in [0.5, 0.6) is 0 Å². The molecule has 4 aromatic heterocycles. The highest BCUT2D eigenvalue weighted by atomic mass is 16.1. The van der Waals surface area contributed by atoms with Crippen LogP contribution < -0.4 is 5.56 Å². The van der Waals surface area contributed by atoms with Crippen LogP contribution in [0.15, 0.2) is 157 Å². The van der Waals surface area contributed by atoms with E-state index in [0.717, 1.165) is 61.0 Å². The smallest absolute Gasteiger partial charge is 0.281 e. The van der Waals surface area contributed by atoms with Crippen molar-refractivity contribution < 1.29 is 0 Å². The first-order chi connectivity index (χ1) is 22.7. The summed E-state index contributed by atoms with van der Waals surface area (Å²) >= 11 is 0. The lowest BCUT2D eigenvalue weighted by Crippen LogP contribution is -2.12. The van der Waals surface area contributed by atoms with E-state index in [0.29, 0.717) is 17.0 Å². The van der Waals surface area contributed by atoms with Crippen molar-refractivity contribution in [1.29, 1.82) is 0 Å². The average Bonchev–Trinajstić information content (AvgIpc) is 3.47. The van der Waals surface area contributed by atoms with Crippen LogP contribution in [0.2, 0.25) is 0 Å². The van der Waals surface area contributed by atoms with Crippen molar-refractivity contribution in [2.45, 2.75) is 0 Å². The molecule has 9 aromatic rings. The summed E-state index contributed by atoms with van der Waals surface area (Å²) < 4.78 is 4.06. The number of pyridine rings is 1. The molecular weight excluding hydrogens is 566 g/mol. The van der Waals surface area contributed by atoms with Gasteiger partial charge in [-0.05, 0) is 47.5 Å². The Balaban J connectivity index is 1.44. The molecule has 0 atom stereocenters. The Morgan fingerprint density at radius 2 is 1.07 bits per heavy atom. The van der Waals surface area contributed by atoms with E-state index in [1.165, 1.54) is 0 Å². The van der Waals surface area contributed by atoms with Crippen LogP contribution in [0.4, 0.5) is 0 Å². The van der Waals surface area contributed by atoms with Crippen LogP contribution in [0, 0.1) is 0 Å². The summed E-state index contributed by atoms with van der Waals surface area (Å²) in [4.78, 5) is 28.5. The maximum Gasteiger partial charge on any atom is 0.281 e. The first kappa shape index (κ1) is 26.0. The van der Waals surface area contributed by atoms with Gasteiger partial charge < -0.3 is 0 Å². The Labute approximate surface area is 263 Å². The van der Waals surface area contributed by atoms with Crippen LogP contribution >= 0.6 is 0 Å². The molecule has 46 heavy (non-hydrogen) atoms. The van der Waals surface area contributed by atoms with E-state index in [1.54, 1.807) is 0 Å². The summed E-state index contributed by atoms with van der Waals surface area (Å²) in [5.41, 5.74) is 8.57. The highest BCUT2D eigenvalue weighted by Crippen LogP contribution is 2.37. The summed E-state index contributed by atoms with van der Waals surface area (Å²) in [6.07, 6.45) is 2.00. The molecule has 6 heteroatoms. The van der Waals surface area contributed by atoms with Gasteiger partial charge in [0.1, 0.15) is 5.52 Å². The SMILES string of the molecule is O=c1nc2c3c(ccn2c2ccccc12)c1cc(-c2ccccc2)ccc1n3-c1nc(-c2ccccc2)cc(-c2ccccc2)n1. The molecule has 216 valence electrons. The van der Waals surface area contributed by atoms with E-state index in [2.05, 4.69) is 70.2 Å². The number of fused-ring (bicyclic) bond motifs is 7. The van der Waals surface area contributed by atoms with E-state index in [1.807, 2.05) is 95.5 Å². The number of hydrogen-bond acceptors (Lipinski definition) is 4. The Morgan fingerprint density at radius 3 is 1.74 bits per heavy atom. The topological polar surface area (TPSA) is 65.1 Å². The molecule has 0 amide bonds. The van der Waals surface area contributed by atoms with Gasteiger partial charge in [0.25, 0.3) is 5.56 Å². The van der Waals surface area contributed by atoms with Gasteiger partial charge in [-0.3, -0.25) is 13.8 Å². The number of aromatic nitrogens is 5. The number of nitrogens with zero attached hydrogens (tertiary/aromatic N) is 5. The van der Waals surface area contributed by atoms with Crippen molar-refractivity contribution in [1.82, 2.24) is 23.9 Å². The highest BCUT2D eigenvalue weighted by Gasteiger charge is 2.21. The van der Waals surface area contributed by atoms with Crippen molar-refractivity contribution >= 4 is 38.4 Å². The lowest BCUT2D eigenvalue weighted by Gasteiger charge is -2.13. The lowest BCUT2D eigenvalue weighted by molar-refractivity contribution is 0.990. The van der Waals surface area contributed by atoms with Gasteiger partial charge in [-0.2, -0.15) is 4.98 Å². The predicted molar refractivity (Wildman–Crippen MR) is 185 cm³/mol. The first-order valence-corrected chi connectivity index (χ1v) is 15.2. The molecule has 0 saturated carbocycles. The van der Waals surface area contributed by atoms with Crippen molar-refractivity contribution in [2.24, 2.45) is 0 Å². The Bertz CT molecular complexity index is 2590. The van der Waals surface area contributed by atoms with E-state index in [-0.39, 0.29) is 5.56 Å². The fourth-order valence-electron chi connectivity index (χ4n) is 6.43. The van der Waals surface area contributed by atoms with Gasteiger partial charge in [-0.25, -0.2) is 9.97 Å². The number of benzene rings is 5. The van der Waals surface area contributed by atoms with Crippen LogP contribution in [0.1, 0.15) is 0 Å². The van der Waals surface area contributed by atoms with E-state index < -0.39 is 0 Å². The van der Waals surface area contributed by atoms with Gasteiger partial charge in [0.05, 0.1) is 27.8 Å². The molecule has 0 unspecified atom stereocenters. The average molecular weight is 592 g/mol. The molecule has 5 aromatic carbocycles. The minimum atomic E-state index is -0.270. The molecule has 9 rings (SSSR count). The third-order valence-electron chi connectivity index (χ3n) is 8.60. The monoisotopic (exact) mass is 591 g/mol. The summed E-state index contributed by atoms with van der Waals surface area (Å²) in [5, 5.41) is 2.56. The van der Waals surface area contributed by atoms with Crippen molar-refractivity contribution in [3.8, 4) is 39.6 Å². The standard InChI is InChI=1S/C40H25N5O/c46-39-31-18-10-11-19-35(31)44-23-22-30-32-24-29(26-12-4-1-5-13-26)20-21-36(32)45(37(30)38(44)43-39)40-41-33(27-14-6-2-7-15-27)25-34(42-40)28-16-8-3-9-17-28/h1-25H. The third-order valence-corrected chi connectivity index (χ3v) is 8.60. The second-order valence-electron chi connectivity index (χ2n) is 11.3. The number of rotatable bonds is 4. The zero-order valence-corrected chi connectivity index (χ0v) is 24.6. The number of hydrogen-bond donors (Lipinski definition) is 0. The van der Waals surface area contributed by atoms with Crippen LogP contribution in [0.25, 0.3) is 77.9 Å². The maximum absolute atomic E-state index is 13.5. The van der Waals surface area contributed by atoms with E-state index >= 15 is 0 Å². The summed E-state index contributed by atoms with van der Waals surface area (Å²) in [6.45, 7) is 0. The molecule has 0 saturated heterocycles. The zero-order valence-electron chi connectivity index (χ0n) is 24.6. The van der Waals surface area contributed by atoms with Gasteiger partial charge in [0.2, 0.25) is 5.95 Å². The molecular formula is C40H25N5O. The van der Waals surface area contributed by atoms with Crippen LogP contribution in [-0.4, -0.2) is 23.9 Å². The Morgan fingerprint density at radius 1 is 0.457 bits per heavy atom. The Kier molecular flexibility index (Phi) is 5.86. The van der Waals surface area contributed by atoms with Gasteiger partial charge in [0.15, 0.2) is 5.65 Å². The predicted octanol–water partition coefficient (Wildman–Crippen LogP) is 8.74. The molecule has 0 fully saturated rings. The molecule has 0 aliphatic carbocycles. The van der Waals surface area contributed by atoms with Gasteiger partial charge in [0, 0.05) is 28.1 Å². The highest BCUT2D eigenvalue weighted by molar-refractivity contribution is 6.14. The molecule has 0 radical (unpaired) electrons. The van der Waals surface area contributed by atoms with Crippen molar-refractivity contribution in [3.05, 3.63) is 162 Å². The van der Waals surface area contributed by atoms with Gasteiger partial charge >= 0.3 is 0 Å². The van der Waals surface area contributed by atoms with E-state index in [9.17, 15) is 4.79 Å². The molecule has 0 N–H and O–H groups in total. The molecule has 4 heterocycles. The number of para-hydroxylation sites is 1. The summed E-state index contributed by atoms with van der Waals surface area (Å²) in [6, 6.07) is 48.8. The fraction of sp³-hybridized carbons (Fsp3) is 0. The van der Waals surface area contributed by atoms with Crippen molar-refractivity contribution in [3.63, 3.8) is 0 Å². The van der Waals surface area contributed by atoms with E-state index in [4.69, 9.17) is 9.97 Å². The van der Waals surface area contributed by atoms with Gasteiger partial charge in [-0.15, -0.1) is 0 Å². The summed E-state index contributed by atoms with van der Waals surface area (Å²) in [5.74, 6) is 0.503. The lowest BCUT2D eigenvalue weighted by atomic mass is 10.0. The quantitative estimate of drug-likeness (QED) is 0.192. The van der Waals surface area contributed by atoms with Crippen molar-refractivity contribution in [2.75, 3.05) is 0 Å². The second-order valence-corrected chi connectivity index (χ2v) is 11.3. The summed E-state index contributed by atoms with van der Waals surface area (Å²) in [7, 11) is 0. The first-order valence-electron chi connectivity index (χ1n) is 15.2. The molecule has 0 aliphatic heterocycles. The Hall–Kier alpha value is -6.40. The zero-order chi connectivity index (χ0) is 30.6. The van der Waals surface area contributed by atoms with Crippen LogP contribution in [0.3, 0.4) is 0 Å². The third kappa shape index (κ3) is 4.12. The molecule has 0 spiro atoms. The minimum Gasteiger partial charge on any atom is -0.299 e. The molecule has 0 aliphatic rings. The second kappa shape index (κ2) is 10.4. The molecule has 6 nitrogen and oxygen atoms in total. The maximum atomic E-state index is 13.5. The normalized spacial score (nSPS) is 11.6. The van der Waals surface area contributed by atoms with Gasteiger partial charge in [-0.1, -0.05) is 109 Å². The minimum absolute atomic E-state index is 0.270. The largest absolute Gasteiger partial charge is 0.299 e. The fourth-order valence-corrected chi connectivity index (χ4v) is 6.43. The molecule has 0 bridgehead atoms. The van der Waals surface area contributed by atoms with Crippen LogP contribution in [-0.2, 0) is 0 Å².